The molecule has 1 aromatic rings. The standard InChI is InChI=1S/C20H15/c1(3-9-17-10-7-8-11-17)4-12-18-15-16-19-13-5-2-6-14-20(18)19/h1-10,12-16H/q+1/b4-1+,9-3+,18-12-. The molecule has 0 fully saturated rings. The molecule has 0 N–H and O–H groups in total. The van der Waals surface area contributed by atoms with Crippen LogP contribution < -0.4 is 0 Å². The van der Waals surface area contributed by atoms with Gasteiger partial charge in [0.25, 0.3) is 0 Å². The summed E-state index contributed by atoms with van der Waals surface area (Å²) in [6, 6.07) is 10.5. The molecule has 0 atom stereocenters. The van der Waals surface area contributed by atoms with E-state index >= 15 is 0 Å². The van der Waals surface area contributed by atoms with E-state index in [0.717, 1.165) is 5.57 Å². The lowest BCUT2D eigenvalue weighted by Gasteiger charge is -1.88. The predicted molar refractivity (Wildman–Crippen MR) is 86.9 cm³/mol. The van der Waals surface area contributed by atoms with Crippen molar-refractivity contribution in [1.29, 1.82) is 0 Å². The summed E-state index contributed by atoms with van der Waals surface area (Å²) >= 11 is 0. The van der Waals surface area contributed by atoms with Gasteiger partial charge in [0.1, 0.15) is 0 Å². The molecule has 0 saturated heterocycles. The van der Waals surface area contributed by atoms with Crippen molar-refractivity contribution in [2.24, 2.45) is 0 Å². The molecule has 94 valence electrons. The van der Waals surface area contributed by atoms with Crippen LogP contribution in [0.1, 0.15) is 11.1 Å². The first-order valence-corrected chi connectivity index (χ1v) is 6.73. The second kappa shape index (κ2) is 5.97. The lowest BCUT2D eigenvalue weighted by molar-refractivity contribution is 1.70. The highest BCUT2D eigenvalue weighted by molar-refractivity contribution is 5.90. The Bertz CT molecular complexity index is 734. The van der Waals surface area contributed by atoms with E-state index in [2.05, 4.69) is 60.4 Å². The molecule has 1 aromatic carbocycles. The summed E-state index contributed by atoms with van der Waals surface area (Å²) in [7, 11) is 0. The molecule has 0 radical (unpaired) electrons. The molecule has 0 unspecified atom stereocenters. The summed E-state index contributed by atoms with van der Waals surface area (Å²) < 4.78 is 0. The first-order valence-electron chi connectivity index (χ1n) is 6.73. The number of hydrogen-bond acceptors (Lipinski definition) is 0. The molecule has 0 heterocycles. The van der Waals surface area contributed by atoms with Crippen molar-refractivity contribution in [3.8, 4) is 0 Å². The fraction of sp³-hybridized carbons (Fsp3) is 0. The number of allylic oxidation sites excluding steroid dienone is 10. The highest BCUT2D eigenvalue weighted by atomic mass is 14.1. The molecule has 0 amide bonds. The Kier molecular flexibility index (Phi) is 3.68. The third-order valence-corrected chi connectivity index (χ3v) is 3.22. The lowest BCUT2D eigenvalue weighted by Crippen LogP contribution is -1.74. The van der Waals surface area contributed by atoms with Gasteiger partial charge in [-0.1, -0.05) is 18.2 Å². The fourth-order valence-electron chi connectivity index (χ4n) is 2.21. The van der Waals surface area contributed by atoms with Crippen molar-refractivity contribution < 1.29 is 0 Å². The Labute approximate surface area is 119 Å². The summed E-state index contributed by atoms with van der Waals surface area (Å²) in [5.41, 5.74) is 8.06. The monoisotopic (exact) mass is 255 g/mol. The van der Waals surface area contributed by atoms with Crippen LogP contribution in [0, 0.1) is 0 Å². The third kappa shape index (κ3) is 2.83. The van der Waals surface area contributed by atoms with Crippen molar-refractivity contribution in [1.82, 2.24) is 0 Å². The molecular weight excluding hydrogens is 240 g/mol. The van der Waals surface area contributed by atoms with Gasteiger partial charge in [-0.05, 0) is 54.6 Å². The average molecular weight is 255 g/mol. The average Bonchev–Trinajstić information content (AvgIpc) is 3.04. The smallest absolute Gasteiger partial charge is 0.0709 e. The maximum absolute atomic E-state index is 3.14. The van der Waals surface area contributed by atoms with Gasteiger partial charge < -0.3 is 0 Å². The summed E-state index contributed by atoms with van der Waals surface area (Å²) in [5, 5.41) is 0. The van der Waals surface area contributed by atoms with Crippen LogP contribution in [0.4, 0.5) is 0 Å². The summed E-state index contributed by atoms with van der Waals surface area (Å²) in [4.78, 5) is 0. The largest absolute Gasteiger partial charge is 0.113 e. The van der Waals surface area contributed by atoms with Gasteiger partial charge in [-0.2, -0.15) is 0 Å². The minimum atomic E-state index is 1.11. The fourth-order valence-corrected chi connectivity index (χ4v) is 2.21. The minimum Gasteiger partial charge on any atom is -0.113 e. The highest BCUT2D eigenvalue weighted by Gasteiger charge is 2.14. The zero-order chi connectivity index (χ0) is 13.6. The quantitative estimate of drug-likeness (QED) is 0.398. The molecule has 0 bridgehead atoms. The van der Waals surface area contributed by atoms with Gasteiger partial charge in [0.05, 0.1) is 16.7 Å². The van der Waals surface area contributed by atoms with E-state index in [-0.39, 0.29) is 0 Å². The van der Waals surface area contributed by atoms with Crippen LogP contribution in [-0.2, 0) is 0 Å². The van der Waals surface area contributed by atoms with Crippen molar-refractivity contribution in [2.45, 2.75) is 0 Å². The van der Waals surface area contributed by atoms with E-state index in [4.69, 9.17) is 0 Å². The minimum absolute atomic E-state index is 1.11. The Morgan fingerprint density at radius 3 is 2.85 bits per heavy atom. The second-order valence-corrected chi connectivity index (χ2v) is 4.60. The summed E-state index contributed by atoms with van der Waals surface area (Å²) in [6.45, 7) is 0. The van der Waals surface area contributed by atoms with E-state index in [1.54, 1.807) is 0 Å². The SMILES string of the molecule is C1=CC=CC=1/C=C/C=C/C=C1/C=Cc2ccccc[c+]21. The van der Waals surface area contributed by atoms with E-state index in [1.165, 1.54) is 16.7 Å². The molecule has 20 heavy (non-hydrogen) atoms. The third-order valence-electron chi connectivity index (χ3n) is 3.22. The van der Waals surface area contributed by atoms with Crippen LogP contribution in [0.25, 0.3) is 11.6 Å². The van der Waals surface area contributed by atoms with Crippen LogP contribution in [0.2, 0.25) is 0 Å². The number of fused-ring (bicyclic) bond motifs is 1. The Morgan fingerprint density at radius 2 is 1.95 bits per heavy atom. The van der Waals surface area contributed by atoms with Gasteiger partial charge in [-0.25, -0.2) is 0 Å². The second-order valence-electron chi connectivity index (χ2n) is 4.60. The zero-order valence-electron chi connectivity index (χ0n) is 11.2. The van der Waals surface area contributed by atoms with Gasteiger partial charge in [0.15, 0.2) is 0 Å². The number of rotatable bonds is 3. The van der Waals surface area contributed by atoms with Crippen molar-refractivity contribution in [2.75, 3.05) is 0 Å². The first-order chi connectivity index (χ1) is 9.93. The Balaban J connectivity index is 1.73. The maximum Gasteiger partial charge on any atom is 0.0709 e. The normalized spacial score (nSPS) is 17.6. The van der Waals surface area contributed by atoms with E-state index in [9.17, 15) is 0 Å². The Morgan fingerprint density at radius 1 is 0.950 bits per heavy atom. The maximum atomic E-state index is 3.14. The highest BCUT2D eigenvalue weighted by Crippen LogP contribution is 2.27. The van der Waals surface area contributed by atoms with Gasteiger partial charge >= 0.3 is 0 Å². The molecule has 3 rings (SSSR count). The molecule has 0 nitrogen and oxygen atoms in total. The van der Waals surface area contributed by atoms with E-state index in [1.807, 2.05) is 36.5 Å². The summed E-state index contributed by atoms with van der Waals surface area (Å²) in [5.74, 6) is 0. The van der Waals surface area contributed by atoms with Crippen LogP contribution in [-0.4, -0.2) is 0 Å². The predicted octanol–water partition coefficient (Wildman–Crippen LogP) is 5.14. The van der Waals surface area contributed by atoms with Crippen molar-refractivity contribution in [3.05, 3.63) is 107 Å². The molecular formula is C20H15+. The molecule has 0 heteroatoms. The van der Waals surface area contributed by atoms with E-state index < -0.39 is 0 Å². The van der Waals surface area contributed by atoms with Crippen LogP contribution >= 0.6 is 0 Å². The van der Waals surface area contributed by atoms with Gasteiger partial charge in [-0.15, -0.1) is 5.73 Å². The van der Waals surface area contributed by atoms with Crippen molar-refractivity contribution in [3.63, 3.8) is 0 Å². The molecule has 0 saturated carbocycles. The van der Waals surface area contributed by atoms with Crippen LogP contribution in [0.15, 0.2) is 96.3 Å². The topological polar surface area (TPSA) is 0 Å². The zero-order valence-corrected chi connectivity index (χ0v) is 11.2. The number of hydrogen-bond donors (Lipinski definition) is 0. The van der Waals surface area contributed by atoms with Crippen LogP contribution in [0.3, 0.4) is 0 Å². The summed E-state index contributed by atoms with van der Waals surface area (Å²) in [6.07, 6.45) is 20.6. The molecule has 0 aliphatic heterocycles. The molecule has 0 spiro atoms. The first kappa shape index (κ1) is 12.3. The lowest BCUT2D eigenvalue weighted by atomic mass is 10.1. The van der Waals surface area contributed by atoms with Gasteiger partial charge in [0.2, 0.25) is 0 Å². The Hall–Kier alpha value is -2.69. The van der Waals surface area contributed by atoms with Crippen LogP contribution in [0.5, 0.6) is 0 Å². The van der Waals surface area contributed by atoms with Crippen molar-refractivity contribution >= 4 is 11.6 Å². The van der Waals surface area contributed by atoms with Gasteiger partial charge in [0, 0.05) is 23.8 Å². The van der Waals surface area contributed by atoms with Gasteiger partial charge in [-0.3, -0.25) is 0 Å². The van der Waals surface area contributed by atoms with E-state index in [0.29, 0.717) is 0 Å². The molecule has 0 aromatic heterocycles. The molecule has 2 aliphatic rings. The molecule has 2 aliphatic carbocycles.